The maximum absolute atomic E-state index is 6.12. The minimum absolute atomic E-state index is 0.522. The van der Waals surface area contributed by atoms with Crippen molar-refractivity contribution >= 4 is 5.69 Å². The highest BCUT2D eigenvalue weighted by atomic mass is 14.6. The van der Waals surface area contributed by atoms with Gasteiger partial charge in [-0.05, 0) is 40.7 Å². The highest BCUT2D eigenvalue weighted by Crippen LogP contribution is 2.30. The molecule has 19 heavy (non-hydrogen) atoms. The Bertz CT molecular complexity index is 550. The average Bonchev–Trinajstić information content (AvgIpc) is 2.39. The first kappa shape index (κ1) is 13.7. The van der Waals surface area contributed by atoms with Crippen LogP contribution in [0.3, 0.4) is 0 Å². The lowest BCUT2D eigenvalue weighted by atomic mass is 9.94. The molecule has 0 spiro atoms. The number of nitrogen functional groups attached to an aromatic ring is 1. The van der Waals surface area contributed by atoms with Crippen LogP contribution in [0.15, 0.2) is 42.5 Å². The van der Waals surface area contributed by atoms with E-state index in [4.69, 9.17) is 5.73 Å². The fourth-order valence-electron chi connectivity index (χ4n) is 2.23. The maximum Gasteiger partial charge on any atom is 0.0393 e. The van der Waals surface area contributed by atoms with Crippen molar-refractivity contribution in [2.75, 3.05) is 5.73 Å². The Hall–Kier alpha value is -1.76. The Morgan fingerprint density at radius 2 is 1.26 bits per heavy atom. The van der Waals surface area contributed by atoms with Gasteiger partial charge in [-0.25, -0.2) is 0 Å². The van der Waals surface area contributed by atoms with Crippen molar-refractivity contribution in [2.45, 2.75) is 39.5 Å². The molecule has 0 saturated carbocycles. The molecular weight excluding hydrogens is 230 g/mol. The lowest BCUT2D eigenvalue weighted by molar-refractivity contribution is 0.866. The minimum atomic E-state index is 0.522. The van der Waals surface area contributed by atoms with Gasteiger partial charge in [-0.15, -0.1) is 0 Å². The molecule has 1 nitrogen and oxygen atoms in total. The zero-order valence-electron chi connectivity index (χ0n) is 12.3. The molecule has 0 amide bonds. The van der Waals surface area contributed by atoms with E-state index in [9.17, 15) is 0 Å². The largest absolute Gasteiger partial charge is 0.398 e. The number of rotatable bonds is 3. The van der Waals surface area contributed by atoms with E-state index in [1.165, 1.54) is 16.7 Å². The monoisotopic (exact) mass is 253 g/mol. The smallest absolute Gasteiger partial charge is 0.0393 e. The first-order valence-electron chi connectivity index (χ1n) is 6.98. The van der Waals surface area contributed by atoms with Gasteiger partial charge in [-0.1, -0.05) is 58.0 Å². The molecule has 2 rings (SSSR count). The van der Waals surface area contributed by atoms with Crippen molar-refractivity contribution in [3.63, 3.8) is 0 Å². The van der Waals surface area contributed by atoms with Crippen LogP contribution < -0.4 is 5.73 Å². The molecule has 0 heterocycles. The van der Waals surface area contributed by atoms with Gasteiger partial charge in [0.05, 0.1) is 0 Å². The number of hydrogen-bond donors (Lipinski definition) is 1. The van der Waals surface area contributed by atoms with Gasteiger partial charge >= 0.3 is 0 Å². The summed E-state index contributed by atoms with van der Waals surface area (Å²) < 4.78 is 0. The number of nitrogens with two attached hydrogens (primary N) is 1. The summed E-state index contributed by atoms with van der Waals surface area (Å²) in [5.41, 5.74) is 12.0. The van der Waals surface area contributed by atoms with E-state index in [-0.39, 0.29) is 0 Å². The first-order valence-corrected chi connectivity index (χ1v) is 6.98. The molecule has 2 aromatic rings. The van der Waals surface area contributed by atoms with Gasteiger partial charge in [0, 0.05) is 11.3 Å². The second-order valence-corrected chi connectivity index (χ2v) is 5.78. The van der Waals surface area contributed by atoms with Crippen LogP contribution in [0.25, 0.3) is 11.1 Å². The van der Waals surface area contributed by atoms with Crippen molar-refractivity contribution in [2.24, 2.45) is 0 Å². The van der Waals surface area contributed by atoms with Crippen LogP contribution in [-0.2, 0) is 0 Å². The van der Waals surface area contributed by atoms with Gasteiger partial charge in [0.1, 0.15) is 0 Å². The van der Waals surface area contributed by atoms with E-state index in [0.717, 1.165) is 11.3 Å². The average molecular weight is 253 g/mol. The molecule has 0 atom stereocenters. The standard InChI is InChI=1S/C18H23N/c1-12(2)14-5-7-15(8-6-14)17-11-16(13(3)4)9-10-18(17)19/h5-13H,19H2,1-4H3. The second kappa shape index (κ2) is 5.48. The highest BCUT2D eigenvalue weighted by Gasteiger charge is 2.07. The van der Waals surface area contributed by atoms with E-state index < -0.39 is 0 Å². The topological polar surface area (TPSA) is 26.0 Å². The molecule has 2 aromatic carbocycles. The maximum atomic E-state index is 6.12. The zero-order valence-corrected chi connectivity index (χ0v) is 12.3. The summed E-state index contributed by atoms with van der Waals surface area (Å²) in [5.74, 6) is 1.09. The van der Waals surface area contributed by atoms with Gasteiger partial charge in [0.15, 0.2) is 0 Å². The van der Waals surface area contributed by atoms with Crippen molar-refractivity contribution in [1.29, 1.82) is 0 Å². The highest BCUT2D eigenvalue weighted by molar-refractivity contribution is 5.77. The third kappa shape index (κ3) is 2.98. The summed E-state index contributed by atoms with van der Waals surface area (Å²) in [6.07, 6.45) is 0. The van der Waals surface area contributed by atoms with Crippen LogP contribution in [0.1, 0.15) is 50.7 Å². The van der Waals surface area contributed by atoms with Gasteiger partial charge in [0.2, 0.25) is 0 Å². The molecule has 0 radical (unpaired) electrons. The zero-order chi connectivity index (χ0) is 14.0. The quantitative estimate of drug-likeness (QED) is 0.749. The van der Waals surface area contributed by atoms with Crippen LogP contribution in [0.2, 0.25) is 0 Å². The van der Waals surface area contributed by atoms with E-state index >= 15 is 0 Å². The summed E-state index contributed by atoms with van der Waals surface area (Å²) in [6, 6.07) is 15.1. The Morgan fingerprint density at radius 1 is 0.737 bits per heavy atom. The van der Waals surface area contributed by atoms with Gasteiger partial charge < -0.3 is 5.73 Å². The fourth-order valence-corrected chi connectivity index (χ4v) is 2.23. The predicted octanol–water partition coefficient (Wildman–Crippen LogP) is 5.18. The molecule has 0 aliphatic carbocycles. The molecule has 0 saturated heterocycles. The number of benzene rings is 2. The van der Waals surface area contributed by atoms with Crippen molar-refractivity contribution in [3.05, 3.63) is 53.6 Å². The van der Waals surface area contributed by atoms with E-state index in [2.05, 4.69) is 64.1 Å². The van der Waals surface area contributed by atoms with Crippen molar-refractivity contribution in [3.8, 4) is 11.1 Å². The third-order valence-electron chi connectivity index (χ3n) is 3.63. The molecular formula is C18H23N. The lowest BCUT2D eigenvalue weighted by Crippen LogP contribution is -1.94. The van der Waals surface area contributed by atoms with Crippen LogP contribution in [0.4, 0.5) is 5.69 Å². The lowest BCUT2D eigenvalue weighted by Gasteiger charge is -2.12. The van der Waals surface area contributed by atoms with E-state index in [1.54, 1.807) is 0 Å². The summed E-state index contributed by atoms with van der Waals surface area (Å²) in [4.78, 5) is 0. The fraction of sp³-hybridized carbons (Fsp3) is 0.333. The molecule has 0 fully saturated rings. The summed E-state index contributed by atoms with van der Waals surface area (Å²) in [6.45, 7) is 8.83. The van der Waals surface area contributed by atoms with Crippen LogP contribution in [-0.4, -0.2) is 0 Å². The van der Waals surface area contributed by atoms with Gasteiger partial charge in [-0.2, -0.15) is 0 Å². The molecule has 100 valence electrons. The Kier molecular flexibility index (Phi) is 3.94. The van der Waals surface area contributed by atoms with Crippen molar-refractivity contribution in [1.82, 2.24) is 0 Å². The van der Waals surface area contributed by atoms with Crippen LogP contribution in [0.5, 0.6) is 0 Å². The molecule has 0 aliphatic heterocycles. The summed E-state index contributed by atoms with van der Waals surface area (Å²) in [5, 5.41) is 0. The van der Waals surface area contributed by atoms with E-state index in [1.807, 2.05) is 6.07 Å². The molecule has 0 bridgehead atoms. The summed E-state index contributed by atoms with van der Waals surface area (Å²) in [7, 11) is 0. The predicted molar refractivity (Wildman–Crippen MR) is 84.5 cm³/mol. The second-order valence-electron chi connectivity index (χ2n) is 5.78. The molecule has 0 unspecified atom stereocenters. The van der Waals surface area contributed by atoms with Gasteiger partial charge in [0.25, 0.3) is 0 Å². The SMILES string of the molecule is CC(C)c1ccc(-c2cc(C(C)C)ccc2N)cc1. The molecule has 2 N–H and O–H groups in total. The summed E-state index contributed by atoms with van der Waals surface area (Å²) >= 11 is 0. The number of anilines is 1. The van der Waals surface area contributed by atoms with Crippen molar-refractivity contribution < 1.29 is 0 Å². The Balaban J connectivity index is 2.43. The Morgan fingerprint density at radius 3 is 1.79 bits per heavy atom. The Labute approximate surface area is 116 Å². The van der Waals surface area contributed by atoms with Gasteiger partial charge in [-0.3, -0.25) is 0 Å². The molecule has 1 heteroatoms. The molecule has 0 aromatic heterocycles. The van der Waals surface area contributed by atoms with Crippen LogP contribution >= 0.6 is 0 Å². The first-order chi connectivity index (χ1) is 8.99. The normalized spacial score (nSPS) is 11.3. The minimum Gasteiger partial charge on any atom is -0.398 e. The van der Waals surface area contributed by atoms with Crippen LogP contribution in [0, 0.1) is 0 Å². The number of hydrogen-bond acceptors (Lipinski definition) is 1. The third-order valence-corrected chi connectivity index (χ3v) is 3.63. The van der Waals surface area contributed by atoms with E-state index in [0.29, 0.717) is 11.8 Å². The molecule has 0 aliphatic rings.